The topological polar surface area (TPSA) is 12.0 Å². The Balaban J connectivity index is 2.02. The Labute approximate surface area is 81.1 Å². The molecule has 1 saturated carbocycles. The number of halogens is 1. The van der Waals surface area contributed by atoms with Crippen LogP contribution in [0.25, 0.3) is 0 Å². The van der Waals surface area contributed by atoms with Gasteiger partial charge in [-0.05, 0) is 50.6 Å². The monoisotopic (exact) mass is 187 g/mol. The van der Waals surface area contributed by atoms with Crippen molar-refractivity contribution in [2.45, 2.75) is 45.7 Å². The molecule has 0 aromatic heterocycles. The molecule has 2 heteroatoms. The van der Waals surface area contributed by atoms with E-state index in [0.29, 0.717) is 0 Å². The predicted octanol–water partition coefficient (Wildman–Crippen LogP) is 2.76. The van der Waals surface area contributed by atoms with Gasteiger partial charge < -0.3 is 5.32 Å². The summed E-state index contributed by atoms with van der Waals surface area (Å²) in [5.41, 5.74) is 0. The quantitative estimate of drug-likeness (QED) is 0.713. The minimum absolute atomic E-state index is 0.513. The van der Waals surface area contributed by atoms with Crippen molar-refractivity contribution in [2.24, 2.45) is 11.8 Å². The lowest BCUT2D eigenvalue weighted by atomic mass is 9.88. The van der Waals surface area contributed by atoms with Crippen molar-refractivity contribution >= 4 is 0 Å². The summed E-state index contributed by atoms with van der Waals surface area (Å²) in [6.07, 6.45) is 3.21. The number of hydrogen-bond acceptors (Lipinski definition) is 1. The van der Waals surface area contributed by atoms with Gasteiger partial charge >= 0.3 is 0 Å². The number of alkyl halides is 1. The maximum atomic E-state index is 12.8. The van der Waals surface area contributed by atoms with Gasteiger partial charge in [-0.25, -0.2) is 4.39 Å². The van der Waals surface area contributed by atoms with Crippen LogP contribution in [0.15, 0.2) is 0 Å². The smallest absolute Gasteiger partial charge is 0.100 e. The van der Waals surface area contributed by atoms with E-state index in [4.69, 9.17) is 0 Å². The van der Waals surface area contributed by atoms with Gasteiger partial charge in [-0.3, -0.25) is 0 Å². The fourth-order valence-corrected chi connectivity index (χ4v) is 1.90. The highest BCUT2D eigenvalue weighted by molar-refractivity contribution is 4.73. The van der Waals surface area contributed by atoms with Gasteiger partial charge in [0.2, 0.25) is 0 Å². The molecule has 0 unspecified atom stereocenters. The molecule has 78 valence electrons. The van der Waals surface area contributed by atoms with Crippen molar-refractivity contribution in [3.8, 4) is 0 Å². The zero-order valence-electron chi connectivity index (χ0n) is 8.85. The van der Waals surface area contributed by atoms with E-state index in [1.165, 1.54) is 0 Å². The Morgan fingerprint density at radius 2 is 1.85 bits per heavy atom. The maximum Gasteiger partial charge on any atom is 0.100 e. The lowest BCUT2D eigenvalue weighted by molar-refractivity contribution is 0.204. The minimum Gasteiger partial charge on any atom is -0.316 e. The van der Waals surface area contributed by atoms with Crippen LogP contribution in [-0.2, 0) is 0 Å². The molecule has 0 aliphatic heterocycles. The summed E-state index contributed by atoms with van der Waals surface area (Å²) < 4.78 is 12.8. The summed E-state index contributed by atoms with van der Waals surface area (Å²) in [5, 5.41) is 3.45. The summed E-state index contributed by atoms with van der Waals surface area (Å²) in [5.74, 6) is 1.45. The first-order valence-electron chi connectivity index (χ1n) is 5.53. The van der Waals surface area contributed by atoms with Crippen molar-refractivity contribution in [2.75, 3.05) is 13.1 Å². The zero-order chi connectivity index (χ0) is 9.68. The number of hydrogen-bond donors (Lipinski definition) is 1. The van der Waals surface area contributed by atoms with E-state index in [9.17, 15) is 4.39 Å². The lowest BCUT2D eigenvalue weighted by Gasteiger charge is -2.24. The molecule has 0 spiro atoms. The van der Waals surface area contributed by atoms with Crippen molar-refractivity contribution in [3.63, 3.8) is 0 Å². The van der Waals surface area contributed by atoms with Gasteiger partial charge in [0.05, 0.1) is 0 Å². The van der Waals surface area contributed by atoms with Gasteiger partial charge in [0, 0.05) is 0 Å². The third-order valence-electron chi connectivity index (χ3n) is 2.76. The number of rotatable bonds is 4. The molecule has 1 rings (SSSR count). The van der Waals surface area contributed by atoms with Gasteiger partial charge in [-0.2, -0.15) is 0 Å². The third kappa shape index (κ3) is 4.61. The first-order chi connectivity index (χ1) is 6.18. The van der Waals surface area contributed by atoms with E-state index in [1.807, 2.05) is 0 Å². The Morgan fingerprint density at radius 3 is 2.38 bits per heavy atom. The van der Waals surface area contributed by atoms with Crippen LogP contribution in [0.3, 0.4) is 0 Å². The van der Waals surface area contributed by atoms with E-state index in [2.05, 4.69) is 19.2 Å². The Bertz CT molecular complexity index is 128. The first-order valence-corrected chi connectivity index (χ1v) is 5.53. The highest BCUT2D eigenvalue weighted by Crippen LogP contribution is 2.25. The fraction of sp³-hybridized carbons (Fsp3) is 1.00. The molecule has 1 aliphatic rings. The van der Waals surface area contributed by atoms with Crippen LogP contribution < -0.4 is 5.32 Å². The molecule has 0 heterocycles. The second-order valence-corrected chi connectivity index (χ2v) is 4.67. The van der Waals surface area contributed by atoms with Crippen LogP contribution in [-0.4, -0.2) is 19.3 Å². The normalized spacial score (nSPS) is 29.5. The second kappa shape index (κ2) is 5.58. The Morgan fingerprint density at radius 1 is 1.23 bits per heavy atom. The number of nitrogens with one attached hydrogen (secondary N) is 1. The summed E-state index contributed by atoms with van der Waals surface area (Å²) >= 11 is 0. The van der Waals surface area contributed by atoms with Crippen LogP contribution in [0.1, 0.15) is 39.5 Å². The third-order valence-corrected chi connectivity index (χ3v) is 2.76. The summed E-state index contributed by atoms with van der Waals surface area (Å²) in [4.78, 5) is 0. The molecule has 1 N–H and O–H groups in total. The molecule has 0 saturated heterocycles. The fourth-order valence-electron chi connectivity index (χ4n) is 1.90. The Kier molecular flexibility index (Phi) is 4.71. The molecular weight excluding hydrogens is 165 g/mol. The van der Waals surface area contributed by atoms with E-state index >= 15 is 0 Å². The van der Waals surface area contributed by atoms with Gasteiger partial charge in [0.15, 0.2) is 0 Å². The molecule has 0 radical (unpaired) electrons. The molecule has 1 aliphatic carbocycles. The molecule has 0 aromatic carbocycles. The van der Waals surface area contributed by atoms with Crippen molar-refractivity contribution in [1.82, 2.24) is 5.32 Å². The van der Waals surface area contributed by atoms with Gasteiger partial charge in [-0.1, -0.05) is 13.8 Å². The van der Waals surface area contributed by atoms with Crippen LogP contribution in [0.4, 0.5) is 4.39 Å². The van der Waals surface area contributed by atoms with Crippen LogP contribution in [0.2, 0.25) is 0 Å². The highest BCUT2D eigenvalue weighted by Gasteiger charge is 2.19. The minimum atomic E-state index is -0.513. The SMILES string of the molecule is CC(C)CNCC1CCC(F)CC1. The van der Waals surface area contributed by atoms with Gasteiger partial charge in [0.25, 0.3) is 0 Å². The van der Waals surface area contributed by atoms with E-state index in [0.717, 1.165) is 50.6 Å². The maximum absolute atomic E-state index is 12.8. The average Bonchev–Trinajstić information content (AvgIpc) is 2.08. The molecule has 13 heavy (non-hydrogen) atoms. The second-order valence-electron chi connectivity index (χ2n) is 4.67. The standard InChI is InChI=1S/C11H22FN/c1-9(2)7-13-8-10-3-5-11(12)6-4-10/h9-11,13H,3-8H2,1-2H3. The average molecular weight is 187 g/mol. The highest BCUT2D eigenvalue weighted by atomic mass is 19.1. The van der Waals surface area contributed by atoms with Crippen LogP contribution in [0, 0.1) is 11.8 Å². The molecule has 0 amide bonds. The van der Waals surface area contributed by atoms with Crippen LogP contribution >= 0.6 is 0 Å². The molecule has 1 fully saturated rings. The Hall–Kier alpha value is -0.110. The van der Waals surface area contributed by atoms with E-state index < -0.39 is 6.17 Å². The lowest BCUT2D eigenvalue weighted by Crippen LogP contribution is -2.29. The van der Waals surface area contributed by atoms with Crippen molar-refractivity contribution < 1.29 is 4.39 Å². The first kappa shape index (κ1) is 11.0. The van der Waals surface area contributed by atoms with E-state index in [1.54, 1.807) is 0 Å². The van der Waals surface area contributed by atoms with Crippen molar-refractivity contribution in [3.05, 3.63) is 0 Å². The summed E-state index contributed by atoms with van der Waals surface area (Å²) in [6, 6.07) is 0. The molecule has 1 nitrogen and oxygen atoms in total. The largest absolute Gasteiger partial charge is 0.316 e. The molecule has 0 bridgehead atoms. The van der Waals surface area contributed by atoms with Crippen molar-refractivity contribution in [1.29, 1.82) is 0 Å². The molecule has 0 atom stereocenters. The summed E-state index contributed by atoms with van der Waals surface area (Å²) in [7, 11) is 0. The predicted molar refractivity (Wildman–Crippen MR) is 54.6 cm³/mol. The molecule has 0 aromatic rings. The van der Waals surface area contributed by atoms with Crippen LogP contribution in [0.5, 0.6) is 0 Å². The van der Waals surface area contributed by atoms with Gasteiger partial charge in [0.1, 0.15) is 6.17 Å². The van der Waals surface area contributed by atoms with Gasteiger partial charge in [-0.15, -0.1) is 0 Å². The molecular formula is C11H22FN. The zero-order valence-corrected chi connectivity index (χ0v) is 8.85. The van der Waals surface area contributed by atoms with E-state index in [-0.39, 0.29) is 0 Å². The summed E-state index contributed by atoms with van der Waals surface area (Å²) in [6.45, 7) is 6.61.